The van der Waals surface area contributed by atoms with Gasteiger partial charge in [0.1, 0.15) is 5.75 Å². The van der Waals surface area contributed by atoms with Gasteiger partial charge in [0.2, 0.25) is 0 Å². The second-order valence-corrected chi connectivity index (χ2v) is 5.78. The van der Waals surface area contributed by atoms with E-state index in [0.717, 1.165) is 17.7 Å². The minimum Gasteiger partial charge on any atom is -0.493 e. The first-order valence-corrected chi connectivity index (χ1v) is 8.40. The molecule has 0 spiro atoms. The molecule has 0 fully saturated rings. The van der Waals surface area contributed by atoms with Gasteiger partial charge in [-0.2, -0.15) is 0 Å². The molecule has 0 saturated heterocycles. The molecule has 1 amide bonds. The van der Waals surface area contributed by atoms with Crippen LogP contribution in [0, 0.1) is 0 Å². The van der Waals surface area contributed by atoms with Crippen LogP contribution >= 0.6 is 0 Å². The average Bonchev–Trinajstić information content (AvgIpc) is 2.68. The molecule has 0 heterocycles. The SMILES string of the molecule is O=C(NCc1ccccc1)c1ccc(OCCc2ccccc2)cc1. The fraction of sp³-hybridized carbons (Fsp3) is 0.136. The summed E-state index contributed by atoms with van der Waals surface area (Å²) >= 11 is 0. The Kier molecular flexibility index (Phi) is 5.83. The van der Waals surface area contributed by atoms with Crippen molar-refractivity contribution in [1.82, 2.24) is 5.32 Å². The number of rotatable bonds is 7. The van der Waals surface area contributed by atoms with Crippen molar-refractivity contribution in [1.29, 1.82) is 0 Å². The molecule has 0 atom stereocenters. The first-order valence-electron chi connectivity index (χ1n) is 8.40. The van der Waals surface area contributed by atoms with Gasteiger partial charge in [-0.15, -0.1) is 0 Å². The molecule has 3 rings (SSSR count). The van der Waals surface area contributed by atoms with Gasteiger partial charge >= 0.3 is 0 Å². The highest BCUT2D eigenvalue weighted by atomic mass is 16.5. The Morgan fingerprint density at radius 3 is 2.00 bits per heavy atom. The number of nitrogens with one attached hydrogen (secondary N) is 1. The summed E-state index contributed by atoms with van der Waals surface area (Å²) in [6, 6.07) is 27.3. The number of hydrogen-bond acceptors (Lipinski definition) is 2. The maximum Gasteiger partial charge on any atom is 0.251 e. The summed E-state index contributed by atoms with van der Waals surface area (Å²) in [7, 11) is 0. The summed E-state index contributed by atoms with van der Waals surface area (Å²) in [6.07, 6.45) is 0.861. The van der Waals surface area contributed by atoms with Crippen molar-refractivity contribution in [3.05, 3.63) is 102 Å². The summed E-state index contributed by atoms with van der Waals surface area (Å²) in [5.74, 6) is 0.690. The standard InChI is InChI=1S/C22H21NO2/c24-22(23-17-19-9-5-2-6-10-19)20-11-13-21(14-12-20)25-16-15-18-7-3-1-4-8-18/h1-14H,15-17H2,(H,23,24). The topological polar surface area (TPSA) is 38.3 Å². The van der Waals surface area contributed by atoms with Crippen LogP contribution in [0.5, 0.6) is 5.75 Å². The van der Waals surface area contributed by atoms with Gasteiger partial charge in [-0.3, -0.25) is 4.79 Å². The van der Waals surface area contributed by atoms with Gasteiger partial charge in [0.05, 0.1) is 6.61 Å². The summed E-state index contributed by atoms with van der Waals surface area (Å²) in [4.78, 5) is 12.2. The summed E-state index contributed by atoms with van der Waals surface area (Å²) < 4.78 is 5.74. The molecular weight excluding hydrogens is 310 g/mol. The second-order valence-electron chi connectivity index (χ2n) is 5.78. The zero-order chi connectivity index (χ0) is 17.3. The predicted octanol–water partition coefficient (Wildman–Crippen LogP) is 4.24. The number of amides is 1. The number of hydrogen-bond donors (Lipinski definition) is 1. The van der Waals surface area contributed by atoms with Gasteiger partial charge in [-0.25, -0.2) is 0 Å². The lowest BCUT2D eigenvalue weighted by Crippen LogP contribution is -2.22. The smallest absolute Gasteiger partial charge is 0.251 e. The summed E-state index contributed by atoms with van der Waals surface area (Å²) in [5.41, 5.74) is 2.96. The highest BCUT2D eigenvalue weighted by molar-refractivity contribution is 5.94. The molecule has 3 nitrogen and oxygen atoms in total. The fourth-order valence-corrected chi connectivity index (χ4v) is 2.51. The first kappa shape index (κ1) is 16.8. The van der Waals surface area contributed by atoms with Crippen molar-refractivity contribution in [2.75, 3.05) is 6.61 Å². The van der Waals surface area contributed by atoms with Crippen LogP contribution in [-0.4, -0.2) is 12.5 Å². The zero-order valence-electron chi connectivity index (χ0n) is 14.0. The molecule has 0 bridgehead atoms. The Morgan fingerprint density at radius 1 is 0.760 bits per heavy atom. The lowest BCUT2D eigenvalue weighted by Gasteiger charge is -2.08. The molecule has 25 heavy (non-hydrogen) atoms. The van der Waals surface area contributed by atoms with E-state index in [0.29, 0.717) is 18.7 Å². The molecule has 0 aromatic heterocycles. The van der Waals surface area contributed by atoms with Gasteiger partial charge in [0.25, 0.3) is 5.91 Å². The van der Waals surface area contributed by atoms with E-state index in [1.54, 1.807) is 12.1 Å². The highest BCUT2D eigenvalue weighted by Crippen LogP contribution is 2.13. The van der Waals surface area contributed by atoms with Crippen LogP contribution in [0.2, 0.25) is 0 Å². The van der Waals surface area contributed by atoms with Gasteiger partial charge in [-0.1, -0.05) is 60.7 Å². The van der Waals surface area contributed by atoms with Crippen molar-refractivity contribution in [2.24, 2.45) is 0 Å². The quantitative estimate of drug-likeness (QED) is 0.703. The van der Waals surface area contributed by atoms with Crippen LogP contribution in [0.15, 0.2) is 84.9 Å². The maximum absolute atomic E-state index is 12.2. The lowest BCUT2D eigenvalue weighted by atomic mass is 10.1. The number of benzene rings is 3. The number of carbonyl (C=O) groups is 1. The lowest BCUT2D eigenvalue weighted by molar-refractivity contribution is 0.0951. The van der Waals surface area contributed by atoms with Crippen LogP contribution in [0.4, 0.5) is 0 Å². The third-order valence-electron chi connectivity index (χ3n) is 3.91. The largest absolute Gasteiger partial charge is 0.493 e. The molecule has 0 radical (unpaired) electrons. The van der Waals surface area contributed by atoms with E-state index in [1.807, 2.05) is 60.7 Å². The van der Waals surface area contributed by atoms with E-state index in [4.69, 9.17) is 4.74 Å². The molecule has 3 aromatic rings. The third-order valence-corrected chi connectivity index (χ3v) is 3.91. The number of ether oxygens (including phenoxy) is 1. The Bertz CT molecular complexity index is 783. The maximum atomic E-state index is 12.2. The summed E-state index contributed by atoms with van der Waals surface area (Å²) in [5, 5.41) is 2.92. The predicted molar refractivity (Wildman–Crippen MR) is 99.7 cm³/mol. The fourth-order valence-electron chi connectivity index (χ4n) is 2.51. The zero-order valence-corrected chi connectivity index (χ0v) is 14.0. The van der Waals surface area contributed by atoms with Gasteiger partial charge in [0, 0.05) is 18.5 Å². The Morgan fingerprint density at radius 2 is 1.36 bits per heavy atom. The van der Waals surface area contributed by atoms with Gasteiger partial charge in [0.15, 0.2) is 0 Å². The van der Waals surface area contributed by atoms with Crippen molar-refractivity contribution >= 4 is 5.91 Å². The van der Waals surface area contributed by atoms with Crippen molar-refractivity contribution in [3.63, 3.8) is 0 Å². The molecule has 3 aromatic carbocycles. The molecule has 1 N–H and O–H groups in total. The number of carbonyl (C=O) groups excluding carboxylic acids is 1. The molecule has 126 valence electrons. The molecule has 0 aliphatic carbocycles. The van der Waals surface area contributed by atoms with Crippen molar-refractivity contribution < 1.29 is 9.53 Å². The van der Waals surface area contributed by atoms with E-state index >= 15 is 0 Å². The highest BCUT2D eigenvalue weighted by Gasteiger charge is 2.05. The van der Waals surface area contributed by atoms with Crippen LogP contribution in [-0.2, 0) is 13.0 Å². The van der Waals surface area contributed by atoms with E-state index in [9.17, 15) is 4.79 Å². The van der Waals surface area contributed by atoms with Crippen LogP contribution in [0.3, 0.4) is 0 Å². The molecule has 0 saturated carbocycles. The van der Waals surface area contributed by atoms with Gasteiger partial charge in [-0.05, 0) is 35.4 Å². The monoisotopic (exact) mass is 331 g/mol. The Labute approximate surface area is 148 Å². The second kappa shape index (κ2) is 8.69. The third kappa shape index (κ3) is 5.21. The molecule has 0 aliphatic heterocycles. The molecule has 0 aliphatic rings. The van der Waals surface area contributed by atoms with Crippen LogP contribution in [0.25, 0.3) is 0 Å². The molecular formula is C22H21NO2. The average molecular weight is 331 g/mol. The van der Waals surface area contributed by atoms with Gasteiger partial charge < -0.3 is 10.1 Å². The van der Waals surface area contributed by atoms with Crippen molar-refractivity contribution in [2.45, 2.75) is 13.0 Å². The molecule has 3 heteroatoms. The van der Waals surface area contributed by atoms with Crippen molar-refractivity contribution in [3.8, 4) is 5.75 Å². The van der Waals surface area contributed by atoms with E-state index in [1.165, 1.54) is 5.56 Å². The molecule has 0 unspecified atom stereocenters. The normalized spacial score (nSPS) is 10.2. The Hall–Kier alpha value is -3.07. The Balaban J connectivity index is 1.47. The van der Waals surface area contributed by atoms with Crippen LogP contribution < -0.4 is 10.1 Å². The first-order chi connectivity index (χ1) is 12.3. The van der Waals surface area contributed by atoms with E-state index in [2.05, 4.69) is 17.4 Å². The minimum absolute atomic E-state index is 0.0836. The summed E-state index contributed by atoms with van der Waals surface area (Å²) in [6.45, 7) is 1.14. The minimum atomic E-state index is -0.0836. The van der Waals surface area contributed by atoms with E-state index < -0.39 is 0 Å². The van der Waals surface area contributed by atoms with Crippen LogP contribution in [0.1, 0.15) is 21.5 Å². The van der Waals surface area contributed by atoms with E-state index in [-0.39, 0.29) is 5.91 Å².